The smallest absolute Gasteiger partial charge is 0.183 e. The minimum Gasteiger partial charge on any atom is -0.365 e. The Kier molecular flexibility index (Phi) is 3.40. The van der Waals surface area contributed by atoms with E-state index in [-0.39, 0.29) is 17.4 Å². The minimum absolute atomic E-state index is 0.176. The zero-order chi connectivity index (χ0) is 14.3. The summed E-state index contributed by atoms with van der Waals surface area (Å²) in [7, 11) is 0. The molecule has 1 aromatic rings. The second-order valence-electron chi connectivity index (χ2n) is 6.70. The molecule has 3 rings (SSSR count). The van der Waals surface area contributed by atoms with Gasteiger partial charge < -0.3 is 5.32 Å². The molecule has 2 fully saturated rings. The summed E-state index contributed by atoms with van der Waals surface area (Å²) in [5.41, 5.74) is 0.176. The van der Waals surface area contributed by atoms with Gasteiger partial charge in [0, 0.05) is 17.6 Å². The molecule has 2 saturated heterocycles. The maximum absolute atomic E-state index is 13.8. The number of fused-ring (bicyclic) bond motifs is 1. The van der Waals surface area contributed by atoms with Gasteiger partial charge in [0.1, 0.15) is 5.82 Å². The summed E-state index contributed by atoms with van der Waals surface area (Å²) in [6.07, 6.45) is 5.88. The molecule has 1 aromatic heterocycles. The molecule has 110 valence electrons. The highest BCUT2D eigenvalue weighted by molar-refractivity contribution is 5.36. The van der Waals surface area contributed by atoms with E-state index in [2.05, 4.69) is 34.0 Å². The first kappa shape index (κ1) is 13.7. The Hall–Kier alpha value is -1.23. The Bertz CT molecular complexity index is 503. The monoisotopic (exact) mass is 278 g/mol. The summed E-state index contributed by atoms with van der Waals surface area (Å²) in [4.78, 5) is 10.7. The number of aromatic nitrogens is 2. The molecule has 1 N–H and O–H groups in total. The molecule has 2 aliphatic heterocycles. The normalized spacial score (nSPS) is 29.2. The van der Waals surface area contributed by atoms with Crippen LogP contribution in [0.3, 0.4) is 0 Å². The van der Waals surface area contributed by atoms with E-state index in [0.29, 0.717) is 17.7 Å². The van der Waals surface area contributed by atoms with E-state index in [1.165, 1.54) is 25.6 Å². The predicted octanol–water partition coefficient (Wildman–Crippen LogP) is 2.74. The summed E-state index contributed by atoms with van der Waals surface area (Å²) >= 11 is 0. The molecule has 0 amide bonds. The maximum atomic E-state index is 13.8. The third-order valence-corrected chi connectivity index (χ3v) is 4.66. The highest BCUT2D eigenvalue weighted by Gasteiger charge is 2.42. The zero-order valence-electron chi connectivity index (χ0n) is 12.5. The Morgan fingerprint density at radius 3 is 3.05 bits per heavy atom. The molecule has 0 bridgehead atoms. The van der Waals surface area contributed by atoms with Crippen LogP contribution in [0.5, 0.6) is 0 Å². The van der Waals surface area contributed by atoms with Crippen LogP contribution in [-0.2, 0) is 0 Å². The van der Waals surface area contributed by atoms with Gasteiger partial charge in [0.25, 0.3) is 0 Å². The summed E-state index contributed by atoms with van der Waals surface area (Å²) in [6.45, 7) is 7.57. The number of rotatable bonds is 2. The minimum atomic E-state index is -0.359. The lowest BCUT2D eigenvalue weighted by atomic mass is 9.84. The lowest BCUT2D eigenvalue weighted by molar-refractivity contribution is 0.0500. The van der Waals surface area contributed by atoms with Crippen molar-refractivity contribution in [2.24, 2.45) is 0 Å². The van der Waals surface area contributed by atoms with Crippen LogP contribution in [-0.4, -0.2) is 39.0 Å². The molecule has 2 atom stereocenters. The highest BCUT2D eigenvalue weighted by Crippen LogP contribution is 2.38. The van der Waals surface area contributed by atoms with E-state index in [1.807, 2.05) is 0 Å². The Morgan fingerprint density at radius 1 is 1.45 bits per heavy atom. The summed E-state index contributed by atoms with van der Waals surface area (Å²) < 4.78 is 13.8. The van der Waals surface area contributed by atoms with Gasteiger partial charge in [0.15, 0.2) is 11.6 Å². The molecular formula is C15H23FN4. The standard InChI is InChI=1S/C15H23FN4/c1-10-17-9-13(16)14(18-10)19-11-7-12-5-4-6-20(12)15(2,3)8-11/h9,11-12H,4-8H2,1-3H3,(H,17,18,19). The van der Waals surface area contributed by atoms with Gasteiger partial charge in [-0.2, -0.15) is 0 Å². The Balaban J connectivity index is 1.76. The number of piperidine rings is 1. The first-order valence-electron chi connectivity index (χ1n) is 7.48. The number of nitrogens with zero attached hydrogens (tertiary/aromatic N) is 3. The van der Waals surface area contributed by atoms with E-state index < -0.39 is 0 Å². The molecule has 0 saturated carbocycles. The second kappa shape index (κ2) is 4.95. The largest absolute Gasteiger partial charge is 0.365 e. The first-order valence-corrected chi connectivity index (χ1v) is 7.48. The van der Waals surface area contributed by atoms with Gasteiger partial charge in [-0.1, -0.05) is 0 Å². The van der Waals surface area contributed by atoms with E-state index in [9.17, 15) is 4.39 Å². The first-order chi connectivity index (χ1) is 9.45. The lowest BCUT2D eigenvalue weighted by Gasteiger charge is -2.47. The van der Waals surface area contributed by atoms with Crippen molar-refractivity contribution in [3.05, 3.63) is 17.8 Å². The van der Waals surface area contributed by atoms with Crippen LogP contribution >= 0.6 is 0 Å². The van der Waals surface area contributed by atoms with Crippen molar-refractivity contribution in [1.29, 1.82) is 0 Å². The Morgan fingerprint density at radius 2 is 2.25 bits per heavy atom. The van der Waals surface area contributed by atoms with E-state index in [1.54, 1.807) is 6.92 Å². The lowest BCUT2D eigenvalue weighted by Crippen LogP contribution is -2.55. The highest BCUT2D eigenvalue weighted by atomic mass is 19.1. The molecule has 5 heteroatoms. The van der Waals surface area contributed by atoms with Gasteiger partial charge in [-0.25, -0.2) is 14.4 Å². The number of nitrogens with one attached hydrogen (secondary N) is 1. The molecule has 0 aliphatic carbocycles. The zero-order valence-corrected chi connectivity index (χ0v) is 12.5. The van der Waals surface area contributed by atoms with Crippen molar-refractivity contribution < 1.29 is 4.39 Å². The molecular weight excluding hydrogens is 255 g/mol. The van der Waals surface area contributed by atoms with Crippen molar-refractivity contribution in [2.75, 3.05) is 11.9 Å². The van der Waals surface area contributed by atoms with Crippen molar-refractivity contribution in [1.82, 2.24) is 14.9 Å². The second-order valence-corrected chi connectivity index (χ2v) is 6.70. The third-order valence-electron chi connectivity index (χ3n) is 4.66. The van der Waals surface area contributed by atoms with Crippen molar-refractivity contribution in [3.63, 3.8) is 0 Å². The maximum Gasteiger partial charge on any atom is 0.183 e. The Labute approximate surface area is 119 Å². The summed E-state index contributed by atoms with van der Waals surface area (Å²) in [6, 6.07) is 0.912. The third kappa shape index (κ3) is 2.51. The van der Waals surface area contributed by atoms with Crippen LogP contribution in [0, 0.1) is 12.7 Å². The van der Waals surface area contributed by atoms with Gasteiger partial charge in [-0.15, -0.1) is 0 Å². The molecule has 0 aromatic carbocycles. The van der Waals surface area contributed by atoms with E-state index in [4.69, 9.17) is 0 Å². The fraction of sp³-hybridized carbons (Fsp3) is 0.733. The van der Waals surface area contributed by atoms with Crippen molar-refractivity contribution in [2.45, 2.75) is 64.1 Å². The SMILES string of the molecule is Cc1ncc(F)c(NC2CC3CCCN3C(C)(C)C2)n1. The van der Waals surface area contributed by atoms with E-state index in [0.717, 1.165) is 12.8 Å². The molecule has 2 unspecified atom stereocenters. The molecule has 3 heterocycles. The van der Waals surface area contributed by atoms with Crippen LogP contribution < -0.4 is 5.32 Å². The van der Waals surface area contributed by atoms with Crippen LogP contribution in [0.4, 0.5) is 10.2 Å². The number of halogens is 1. The predicted molar refractivity (Wildman–Crippen MR) is 77.2 cm³/mol. The van der Waals surface area contributed by atoms with Gasteiger partial charge in [0.2, 0.25) is 0 Å². The van der Waals surface area contributed by atoms with Crippen molar-refractivity contribution in [3.8, 4) is 0 Å². The van der Waals surface area contributed by atoms with Gasteiger partial charge in [-0.05, 0) is 53.0 Å². The average molecular weight is 278 g/mol. The molecule has 0 spiro atoms. The quantitative estimate of drug-likeness (QED) is 0.903. The number of hydrogen-bond acceptors (Lipinski definition) is 4. The van der Waals surface area contributed by atoms with Crippen LogP contribution in [0.1, 0.15) is 45.4 Å². The van der Waals surface area contributed by atoms with Crippen LogP contribution in [0.25, 0.3) is 0 Å². The fourth-order valence-electron chi connectivity index (χ4n) is 3.87. The van der Waals surface area contributed by atoms with Gasteiger partial charge in [-0.3, -0.25) is 4.90 Å². The molecule has 20 heavy (non-hydrogen) atoms. The summed E-state index contributed by atoms with van der Waals surface area (Å²) in [5, 5.41) is 3.31. The number of anilines is 1. The fourth-order valence-corrected chi connectivity index (χ4v) is 3.87. The van der Waals surface area contributed by atoms with Gasteiger partial charge >= 0.3 is 0 Å². The average Bonchev–Trinajstić information content (AvgIpc) is 2.82. The molecule has 0 radical (unpaired) electrons. The van der Waals surface area contributed by atoms with E-state index >= 15 is 0 Å². The van der Waals surface area contributed by atoms with Crippen molar-refractivity contribution >= 4 is 5.82 Å². The van der Waals surface area contributed by atoms with Gasteiger partial charge in [0.05, 0.1) is 6.20 Å². The summed E-state index contributed by atoms with van der Waals surface area (Å²) in [5.74, 6) is 0.596. The number of hydrogen-bond donors (Lipinski definition) is 1. The van der Waals surface area contributed by atoms with Crippen LogP contribution in [0.2, 0.25) is 0 Å². The topological polar surface area (TPSA) is 41.1 Å². The van der Waals surface area contributed by atoms with Crippen LogP contribution in [0.15, 0.2) is 6.20 Å². The molecule has 2 aliphatic rings. The number of aryl methyl sites for hydroxylation is 1. The molecule has 4 nitrogen and oxygen atoms in total.